The van der Waals surface area contributed by atoms with Crippen LogP contribution < -0.4 is 0 Å². The summed E-state index contributed by atoms with van der Waals surface area (Å²) in [5, 5.41) is 9.47. The van der Waals surface area contributed by atoms with Gasteiger partial charge in [-0.15, -0.1) is 0 Å². The van der Waals surface area contributed by atoms with Gasteiger partial charge in [0.1, 0.15) is 0 Å². The number of hydrogen-bond acceptors (Lipinski definition) is 1. The molecule has 1 N–H and O–H groups in total. The summed E-state index contributed by atoms with van der Waals surface area (Å²) in [6.07, 6.45) is -9.17. The van der Waals surface area contributed by atoms with Crippen LogP contribution >= 0.6 is 0 Å². The smallest absolute Gasteiger partial charge is 0.388 e. The molecule has 0 saturated carbocycles. The zero-order chi connectivity index (χ0) is 14.8. The molecule has 6 heteroatoms. The largest absolute Gasteiger partial charge is 0.453 e. The summed E-state index contributed by atoms with van der Waals surface area (Å²) in [5.74, 6) is -4.69. The van der Waals surface area contributed by atoms with E-state index < -0.39 is 24.6 Å². The molecule has 19 heavy (non-hydrogen) atoms. The summed E-state index contributed by atoms with van der Waals surface area (Å²) in [4.78, 5) is 0. The first-order valence-corrected chi connectivity index (χ1v) is 5.77. The van der Waals surface area contributed by atoms with Crippen molar-refractivity contribution < 1.29 is 27.1 Å². The van der Waals surface area contributed by atoms with Crippen molar-refractivity contribution in [3.05, 3.63) is 35.4 Å². The zero-order valence-corrected chi connectivity index (χ0v) is 10.5. The van der Waals surface area contributed by atoms with E-state index in [1.54, 1.807) is 12.1 Å². The highest BCUT2D eigenvalue weighted by atomic mass is 19.4. The van der Waals surface area contributed by atoms with Crippen molar-refractivity contribution >= 4 is 0 Å². The third-order valence-corrected chi connectivity index (χ3v) is 2.85. The predicted octanol–water partition coefficient (Wildman–Crippen LogP) is 4.43. The highest BCUT2D eigenvalue weighted by Gasteiger charge is 2.58. The first-order chi connectivity index (χ1) is 8.54. The Labute approximate surface area is 108 Å². The molecule has 0 amide bonds. The average Bonchev–Trinajstić information content (AvgIpc) is 2.27. The predicted molar refractivity (Wildman–Crippen MR) is 61.1 cm³/mol. The van der Waals surface area contributed by atoms with Gasteiger partial charge in [0, 0.05) is 0 Å². The molecule has 0 aliphatic rings. The number of hydrogen-bond donors (Lipinski definition) is 1. The molecule has 0 aromatic heterocycles. The maximum Gasteiger partial charge on any atom is 0.453 e. The lowest BCUT2D eigenvalue weighted by Gasteiger charge is -2.22. The molecule has 0 radical (unpaired) electrons. The second-order valence-corrected chi connectivity index (χ2v) is 4.74. The van der Waals surface area contributed by atoms with E-state index in [0.717, 1.165) is 5.56 Å². The monoisotopic (exact) mass is 282 g/mol. The van der Waals surface area contributed by atoms with Gasteiger partial charge >= 0.3 is 12.1 Å². The summed E-state index contributed by atoms with van der Waals surface area (Å²) in [6, 6.07) is 5.95. The minimum Gasteiger partial charge on any atom is -0.388 e. The van der Waals surface area contributed by atoms with Gasteiger partial charge in [0.05, 0.1) is 12.5 Å². The van der Waals surface area contributed by atoms with E-state index in [9.17, 15) is 27.1 Å². The third-order valence-electron chi connectivity index (χ3n) is 2.85. The molecular weight excluding hydrogens is 267 g/mol. The van der Waals surface area contributed by atoms with Gasteiger partial charge in [0.2, 0.25) is 0 Å². The van der Waals surface area contributed by atoms with E-state index in [2.05, 4.69) is 0 Å². The molecule has 0 fully saturated rings. The number of aliphatic hydroxyl groups excluding tert-OH is 1. The molecule has 1 aromatic rings. The first-order valence-electron chi connectivity index (χ1n) is 5.77. The topological polar surface area (TPSA) is 20.2 Å². The first kappa shape index (κ1) is 15.9. The Morgan fingerprint density at radius 3 is 1.74 bits per heavy atom. The van der Waals surface area contributed by atoms with E-state index >= 15 is 0 Å². The van der Waals surface area contributed by atoms with Crippen LogP contribution in [0.5, 0.6) is 0 Å². The third kappa shape index (κ3) is 3.89. The van der Waals surface area contributed by atoms with Crippen molar-refractivity contribution in [1.82, 2.24) is 0 Å². The van der Waals surface area contributed by atoms with Crippen molar-refractivity contribution in [3.8, 4) is 0 Å². The molecule has 0 spiro atoms. The van der Waals surface area contributed by atoms with Crippen molar-refractivity contribution in [2.75, 3.05) is 0 Å². The molecular formula is C13H15F5O. The number of halogens is 5. The molecule has 1 atom stereocenters. The van der Waals surface area contributed by atoms with Crippen LogP contribution in [0, 0.1) is 0 Å². The van der Waals surface area contributed by atoms with Crippen molar-refractivity contribution in [1.29, 1.82) is 0 Å². The lowest BCUT2D eigenvalue weighted by molar-refractivity contribution is -0.290. The molecule has 1 rings (SSSR count). The second kappa shape index (κ2) is 5.45. The molecule has 0 aliphatic carbocycles. The highest BCUT2D eigenvalue weighted by Crippen LogP contribution is 2.41. The van der Waals surface area contributed by atoms with E-state index in [-0.39, 0.29) is 11.5 Å². The van der Waals surface area contributed by atoms with Gasteiger partial charge in [-0.3, -0.25) is 0 Å². The maximum absolute atomic E-state index is 12.8. The Balaban J connectivity index is 2.81. The lowest BCUT2D eigenvalue weighted by Crippen LogP contribution is -2.37. The van der Waals surface area contributed by atoms with Gasteiger partial charge in [-0.25, -0.2) is 0 Å². The number of rotatable bonds is 4. The number of aliphatic hydroxyl groups is 1. The van der Waals surface area contributed by atoms with Gasteiger partial charge in [-0.05, 0) is 17.0 Å². The standard InChI is InChI=1S/C13H15F5O/c1-8(2)9-3-5-10(6-4-9)11(19)7-12(14,15)13(16,17)18/h3-6,8,11,19H,7H2,1-2H3. The molecule has 1 unspecified atom stereocenters. The summed E-state index contributed by atoms with van der Waals surface area (Å²) in [5.41, 5.74) is 0.965. The minimum atomic E-state index is -5.65. The molecule has 0 bridgehead atoms. The summed E-state index contributed by atoms with van der Waals surface area (Å²) in [7, 11) is 0. The van der Waals surface area contributed by atoms with Crippen molar-refractivity contribution in [2.24, 2.45) is 0 Å². The molecule has 0 heterocycles. The maximum atomic E-state index is 12.8. The van der Waals surface area contributed by atoms with Gasteiger partial charge in [0.25, 0.3) is 0 Å². The Hall–Kier alpha value is -1.17. The molecule has 108 valence electrons. The molecule has 0 saturated heterocycles. The van der Waals surface area contributed by atoms with Crippen LogP contribution in [0.4, 0.5) is 22.0 Å². The van der Waals surface area contributed by atoms with Crippen LogP contribution in [0.15, 0.2) is 24.3 Å². The van der Waals surface area contributed by atoms with Crippen LogP contribution in [0.25, 0.3) is 0 Å². The normalized spacial score (nSPS) is 14.8. The SMILES string of the molecule is CC(C)c1ccc(C(O)CC(F)(F)C(F)(F)F)cc1. The fourth-order valence-corrected chi connectivity index (χ4v) is 1.58. The quantitative estimate of drug-likeness (QED) is 0.810. The minimum absolute atomic E-state index is 0.0494. The fraction of sp³-hybridized carbons (Fsp3) is 0.538. The van der Waals surface area contributed by atoms with Gasteiger partial charge < -0.3 is 5.11 Å². The molecule has 1 nitrogen and oxygen atoms in total. The summed E-state index contributed by atoms with van der Waals surface area (Å²) < 4.78 is 61.6. The van der Waals surface area contributed by atoms with Crippen molar-refractivity contribution in [3.63, 3.8) is 0 Å². The lowest BCUT2D eigenvalue weighted by atomic mass is 9.97. The van der Waals surface area contributed by atoms with Crippen LogP contribution in [0.3, 0.4) is 0 Å². The van der Waals surface area contributed by atoms with Crippen LogP contribution in [0.2, 0.25) is 0 Å². The van der Waals surface area contributed by atoms with E-state index in [4.69, 9.17) is 0 Å². The van der Waals surface area contributed by atoms with Gasteiger partial charge in [-0.1, -0.05) is 38.1 Å². The van der Waals surface area contributed by atoms with Gasteiger partial charge in [-0.2, -0.15) is 22.0 Å². The highest BCUT2D eigenvalue weighted by molar-refractivity contribution is 5.26. The zero-order valence-electron chi connectivity index (χ0n) is 10.5. The Bertz CT molecular complexity index is 408. The Morgan fingerprint density at radius 1 is 0.947 bits per heavy atom. The number of benzene rings is 1. The average molecular weight is 282 g/mol. The second-order valence-electron chi connectivity index (χ2n) is 4.74. The van der Waals surface area contributed by atoms with Crippen molar-refractivity contribution in [2.45, 2.75) is 44.4 Å². The van der Waals surface area contributed by atoms with Crippen LogP contribution in [0.1, 0.15) is 43.4 Å². The molecule has 0 aliphatic heterocycles. The Morgan fingerprint density at radius 2 is 1.37 bits per heavy atom. The summed E-state index contributed by atoms with van der Waals surface area (Å²) in [6.45, 7) is 3.84. The fourth-order valence-electron chi connectivity index (χ4n) is 1.58. The Kier molecular flexibility index (Phi) is 4.55. The van der Waals surface area contributed by atoms with E-state index in [1.165, 1.54) is 12.1 Å². The summed E-state index contributed by atoms with van der Waals surface area (Å²) >= 11 is 0. The van der Waals surface area contributed by atoms with Crippen LogP contribution in [-0.2, 0) is 0 Å². The number of alkyl halides is 5. The van der Waals surface area contributed by atoms with E-state index in [1.807, 2.05) is 13.8 Å². The van der Waals surface area contributed by atoms with Crippen LogP contribution in [-0.4, -0.2) is 17.2 Å². The van der Waals surface area contributed by atoms with Gasteiger partial charge in [0.15, 0.2) is 0 Å². The molecule has 1 aromatic carbocycles. The van der Waals surface area contributed by atoms with E-state index in [0.29, 0.717) is 0 Å².